The van der Waals surface area contributed by atoms with Crippen molar-refractivity contribution in [2.75, 3.05) is 5.73 Å². The molecule has 0 amide bonds. The number of hydrogen-bond donors (Lipinski definition) is 2. The summed E-state index contributed by atoms with van der Waals surface area (Å²) in [6, 6.07) is 2.85. The molecule has 5 heteroatoms. The lowest BCUT2D eigenvalue weighted by Gasteiger charge is -2.03. The Balaban J connectivity index is 2.60. The maximum atomic E-state index is 13.1. The van der Waals surface area contributed by atoms with Crippen LogP contribution >= 0.6 is 0 Å². The van der Waals surface area contributed by atoms with Crippen LogP contribution in [0.5, 0.6) is 5.75 Å². The van der Waals surface area contributed by atoms with E-state index in [-0.39, 0.29) is 5.88 Å². The minimum atomic E-state index is -0.631. The Hall–Kier alpha value is -2.04. The first-order chi connectivity index (χ1) is 7.09. The maximum Gasteiger partial charge on any atom is 0.229 e. The zero-order chi connectivity index (χ0) is 11.0. The molecule has 0 atom stereocenters. The van der Waals surface area contributed by atoms with Gasteiger partial charge in [-0.1, -0.05) is 5.16 Å². The zero-order valence-electron chi connectivity index (χ0n) is 7.99. The normalized spacial score (nSPS) is 10.5. The Morgan fingerprint density at radius 2 is 2.20 bits per heavy atom. The third-order valence-electron chi connectivity index (χ3n) is 2.14. The topological polar surface area (TPSA) is 72.3 Å². The standard InChI is InChI=1S/C10H9FN2O2/c1-5-2-6(3-8(14)9(5)11)7-4-13-15-10(7)12/h2-4,14H,12H2,1H3. The van der Waals surface area contributed by atoms with Crippen LogP contribution in [0.3, 0.4) is 0 Å². The Kier molecular flexibility index (Phi) is 2.07. The van der Waals surface area contributed by atoms with Gasteiger partial charge in [0, 0.05) is 0 Å². The first-order valence-corrected chi connectivity index (χ1v) is 4.29. The Morgan fingerprint density at radius 1 is 1.47 bits per heavy atom. The number of phenolic OH excluding ortho intramolecular Hbond substituents is 1. The molecule has 0 saturated carbocycles. The van der Waals surface area contributed by atoms with Gasteiger partial charge < -0.3 is 15.4 Å². The van der Waals surface area contributed by atoms with E-state index in [1.165, 1.54) is 12.3 Å². The highest BCUT2D eigenvalue weighted by atomic mass is 19.1. The quantitative estimate of drug-likeness (QED) is 0.752. The summed E-state index contributed by atoms with van der Waals surface area (Å²) in [5.41, 5.74) is 6.95. The van der Waals surface area contributed by atoms with Gasteiger partial charge >= 0.3 is 0 Å². The van der Waals surface area contributed by atoms with Crippen molar-refractivity contribution < 1.29 is 14.0 Å². The highest BCUT2D eigenvalue weighted by molar-refractivity contribution is 5.73. The van der Waals surface area contributed by atoms with Crippen LogP contribution in [-0.2, 0) is 0 Å². The molecule has 1 aromatic heterocycles. The average molecular weight is 208 g/mol. The summed E-state index contributed by atoms with van der Waals surface area (Å²) in [6.07, 6.45) is 1.42. The molecule has 0 aliphatic rings. The number of nitrogen functional groups attached to an aromatic ring is 1. The summed E-state index contributed by atoms with van der Waals surface area (Å²) in [5, 5.41) is 12.8. The lowest BCUT2D eigenvalue weighted by molar-refractivity contribution is 0.430. The Labute approximate surface area is 85.1 Å². The fraction of sp³-hybridized carbons (Fsp3) is 0.100. The van der Waals surface area contributed by atoms with Crippen LogP contribution in [0.4, 0.5) is 10.3 Å². The smallest absolute Gasteiger partial charge is 0.229 e. The number of rotatable bonds is 1. The molecule has 0 unspecified atom stereocenters. The lowest BCUT2D eigenvalue weighted by Crippen LogP contribution is -1.88. The van der Waals surface area contributed by atoms with Crippen molar-refractivity contribution in [1.29, 1.82) is 0 Å². The Morgan fingerprint density at radius 3 is 2.73 bits per heavy atom. The highest BCUT2D eigenvalue weighted by Crippen LogP contribution is 2.31. The molecule has 3 N–H and O–H groups in total. The maximum absolute atomic E-state index is 13.1. The Bertz CT molecular complexity index is 485. The van der Waals surface area contributed by atoms with E-state index in [0.717, 1.165) is 0 Å². The summed E-state index contributed by atoms with van der Waals surface area (Å²) in [4.78, 5) is 0. The second-order valence-corrected chi connectivity index (χ2v) is 3.23. The summed E-state index contributed by atoms with van der Waals surface area (Å²) < 4.78 is 17.8. The summed E-state index contributed by atoms with van der Waals surface area (Å²) in [5.74, 6) is -0.903. The summed E-state index contributed by atoms with van der Waals surface area (Å²) in [7, 11) is 0. The second-order valence-electron chi connectivity index (χ2n) is 3.23. The van der Waals surface area contributed by atoms with E-state index in [1.54, 1.807) is 13.0 Å². The number of aromatic nitrogens is 1. The molecule has 15 heavy (non-hydrogen) atoms. The predicted octanol–water partition coefficient (Wildman–Crippen LogP) is 2.08. The minimum absolute atomic E-state index is 0.139. The minimum Gasteiger partial charge on any atom is -0.505 e. The predicted molar refractivity (Wildman–Crippen MR) is 52.7 cm³/mol. The molecule has 1 aromatic carbocycles. The van der Waals surface area contributed by atoms with E-state index in [0.29, 0.717) is 16.7 Å². The first kappa shape index (κ1) is 9.51. The van der Waals surface area contributed by atoms with Gasteiger partial charge in [0.2, 0.25) is 5.88 Å². The van der Waals surface area contributed by atoms with Gasteiger partial charge in [-0.2, -0.15) is 0 Å². The molecule has 0 saturated heterocycles. The second kappa shape index (κ2) is 3.27. The molecule has 2 aromatic rings. The van der Waals surface area contributed by atoms with Gasteiger partial charge in [0.05, 0.1) is 11.8 Å². The molecular formula is C10H9FN2O2. The largest absolute Gasteiger partial charge is 0.505 e. The van der Waals surface area contributed by atoms with Crippen LogP contribution in [0.15, 0.2) is 22.9 Å². The number of aryl methyl sites for hydroxylation is 1. The molecule has 1 heterocycles. The van der Waals surface area contributed by atoms with Crippen LogP contribution < -0.4 is 5.73 Å². The van der Waals surface area contributed by atoms with E-state index in [4.69, 9.17) is 5.73 Å². The van der Waals surface area contributed by atoms with Crippen molar-refractivity contribution in [1.82, 2.24) is 5.16 Å². The molecule has 0 aliphatic heterocycles. The fourth-order valence-corrected chi connectivity index (χ4v) is 1.37. The average Bonchev–Trinajstić information content (AvgIpc) is 2.60. The lowest BCUT2D eigenvalue weighted by atomic mass is 10.1. The number of hydrogen-bond acceptors (Lipinski definition) is 4. The molecule has 0 spiro atoms. The monoisotopic (exact) mass is 208 g/mol. The number of anilines is 1. The first-order valence-electron chi connectivity index (χ1n) is 4.29. The van der Waals surface area contributed by atoms with Gasteiger partial charge in [-0.3, -0.25) is 0 Å². The highest BCUT2D eigenvalue weighted by Gasteiger charge is 2.12. The van der Waals surface area contributed by atoms with Crippen molar-refractivity contribution in [3.05, 3.63) is 29.7 Å². The van der Waals surface area contributed by atoms with Crippen LogP contribution in [0, 0.1) is 12.7 Å². The number of nitrogens with zero attached hydrogens (tertiary/aromatic N) is 1. The van der Waals surface area contributed by atoms with Crippen molar-refractivity contribution >= 4 is 5.88 Å². The van der Waals surface area contributed by atoms with Crippen molar-refractivity contribution in [3.8, 4) is 16.9 Å². The van der Waals surface area contributed by atoms with Crippen molar-refractivity contribution in [2.24, 2.45) is 0 Å². The molecule has 2 rings (SSSR count). The van der Waals surface area contributed by atoms with Gasteiger partial charge in [0.25, 0.3) is 0 Å². The van der Waals surface area contributed by atoms with Crippen LogP contribution in [0.25, 0.3) is 11.1 Å². The third-order valence-corrected chi connectivity index (χ3v) is 2.14. The SMILES string of the molecule is Cc1cc(-c2cnoc2N)cc(O)c1F. The van der Waals surface area contributed by atoms with Gasteiger partial charge in [0.15, 0.2) is 11.6 Å². The molecule has 4 nitrogen and oxygen atoms in total. The third kappa shape index (κ3) is 1.52. The van der Waals surface area contributed by atoms with Crippen LogP contribution in [0.1, 0.15) is 5.56 Å². The molecular weight excluding hydrogens is 199 g/mol. The van der Waals surface area contributed by atoms with Crippen LogP contribution in [0.2, 0.25) is 0 Å². The van der Waals surface area contributed by atoms with Gasteiger partial charge in [0.1, 0.15) is 0 Å². The fourth-order valence-electron chi connectivity index (χ4n) is 1.37. The van der Waals surface area contributed by atoms with E-state index in [1.807, 2.05) is 0 Å². The molecule has 0 fully saturated rings. The zero-order valence-corrected chi connectivity index (χ0v) is 7.99. The van der Waals surface area contributed by atoms with Gasteiger partial charge in [-0.15, -0.1) is 0 Å². The molecule has 0 radical (unpaired) electrons. The number of halogens is 1. The summed E-state index contributed by atoms with van der Waals surface area (Å²) >= 11 is 0. The number of benzene rings is 1. The molecule has 0 aliphatic carbocycles. The van der Waals surface area contributed by atoms with E-state index in [2.05, 4.69) is 9.68 Å². The number of nitrogens with two attached hydrogens (primary N) is 1. The van der Waals surface area contributed by atoms with Gasteiger partial charge in [-0.05, 0) is 30.2 Å². The summed E-state index contributed by atoms with van der Waals surface area (Å²) in [6.45, 7) is 1.56. The van der Waals surface area contributed by atoms with Gasteiger partial charge in [-0.25, -0.2) is 4.39 Å². The van der Waals surface area contributed by atoms with Crippen LogP contribution in [-0.4, -0.2) is 10.3 Å². The number of phenols is 1. The van der Waals surface area contributed by atoms with E-state index >= 15 is 0 Å². The van der Waals surface area contributed by atoms with E-state index < -0.39 is 11.6 Å². The van der Waals surface area contributed by atoms with Crippen molar-refractivity contribution in [2.45, 2.75) is 6.92 Å². The molecule has 0 bridgehead atoms. The number of aromatic hydroxyl groups is 1. The molecule has 78 valence electrons. The van der Waals surface area contributed by atoms with E-state index in [9.17, 15) is 9.50 Å². The van der Waals surface area contributed by atoms with Crippen molar-refractivity contribution in [3.63, 3.8) is 0 Å².